The van der Waals surface area contributed by atoms with E-state index in [4.69, 9.17) is 23.1 Å². The van der Waals surface area contributed by atoms with Crippen LogP contribution in [0.2, 0.25) is 0 Å². The first-order valence-corrected chi connectivity index (χ1v) is 9.16. The summed E-state index contributed by atoms with van der Waals surface area (Å²) in [4.78, 5) is 34.6. The van der Waals surface area contributed by atoms with Gasteiger partial charge >= 0.3 is 29.3 Å². The van der Waals surface area contributed by atoms with Crippen molar-refractivity contribution < 1.29 is 46.3 Å². The largest absolute Gasteiger partial charge is 0.463 e. The number of ether oxygens (including phenoxy) is 4. The Morgan fingerprint density at radius 3 is 1.96 bits per heavy atom. The quantitative estimate of drug-likeness (QED) is 0.261. The maximum absolute atomic E-state index is 12.1. The van der Waals surface area contributed by atoms with Crippen LogP contribution in [0.5, 0.6) is 0 Å². The SMILES string of the molecule is C=C(C)C(=O)OC1C(OS(=O)O)C2(COC(C)=O)CCC1(COC(C)=O)O2. The third-order valence-electron chi connectivity index (χ3n) is 4.50. The topological polar surface area (TPSA) is 135 Å². The lowest BCUT2D eigenvalue weighted by molar-refractivity contribution is -0.171. The Bertz CT molecular complexity index is 676. The van der Waals surface area contributed by atoms with Crippen LogP contribution in [0, 0.1) is 0 Å². The summed E-state index contributed by atoms with van der Waals surface area (Å²) < 4.78 is 47.2. The van der Waals surface area contributed by atoms with Gasteiger partial charge in [0.05, 0.1) is 0 Å². The monoisotopic (exact) mass is 406 g/mol. The first-order chi connectivity index (χ1) is 12.5. The van der Waals surface area contributed by atoms with Crippen LogP contribution in [0.15, 0.2) is 12.2 Å². The molecular weight excluding hydrogens is 384 g/mol. The molecule has 1 N–H and O–H groups in total. The molecular formula is C16H22O10S. The Hall–Kier alpha value is -1.82. The van der Waals surface area contributed by atoms with Crippen LogP contribution >= 0.6 is 0 Å². The fraction of sp³-hybridized carbons (Fsp3) is 0.688. The molecule has 0 radical (unpaired) electrons. The molecule has 0 amide bonds. The zero-order valence-corrected chi connectivity index (χ0v) is 16.0. The maximum Gasteiger partial charge on any atom is 0.333 e. The van der Waals surface area contributed by atoms with Gasteiger partial charge in [0.25, 0.3) is 0 Å². The van der Waals surface area contributed by atoms with E-state index in [2.05, 4.69) is 6.58 Å². The van der Waals surface area contributed by atoms with E-state index >= 15 is 0 Å². The van der Waals surface area contributed by atoms with Gasteiger partial charge in [0.2, 0.25) is 0 Å². The molecule has 0 saturated carbocycles. The van der Waals surface area contributed by atoms with Gasteiger partial charge in [-0.05, 0) is 19.8 Å². The van der Waals surface area contributed by atoms with E-state index in [1.165, 1.54) is 20.8 Å². The summed E-state index contributed by atoms with van der Waals surface area (Å²) in [6.45, 7) is 6.79. The number of hydrogen-bond donors (Lipinski definition) is 1. The third kappa shape index (κ3) is 4.54. The number of carbonyl (C=O) groups excluding carboxylic acids is 3. The Labute approximate surface area is 158 Å². The van der Waals surface area contributed by atoms with Gasteiger partial charge < -0.3 is 18.9 Å². The molecule has 0 spiro atoms. The molecule has 2 fully saturated rings. The van der Waals surface area contributed by atoms with Gasteiger partial charge in [-0.25, -0.2) is 4.79 Å². The van der Waals surface area contributed by atoms with Gasteiger partial charge in [-0.2, -0.15) is 4.21 Å². The van der Waals surface area contributed by atoms with Crippen molar-refractivity contribution in [2.75, 3.05) is 13.2 Å². The number of carbonyl (C=O) groups is 3. The minimum absolute atomic E-state index is 0.0957. The maximum atomic E-state index is 12.1. The third-order valence-corrected chi connectivity index (χ3v) is 4.87. The smallest absolute Gasteiger partial charge is 0.333 e. The number of rotatable bonds is 8. The Morgan fingerprint density at radius 1 is 1.07 bits per heavy atom. The lowest BCUT2D eigenvalue weighted by Gasteiger charge is -2.36. The summed E-state index contributed by atoms with van der Waals surface area (Å²) in [5, 5.41) is 0. The summed E-state index contributed by atoms with van der Waals surface area (Å²) in [7, 11) is 0. The molecule has 0 aliphatic carbocycles. The predicted octanol–water partition coefficient (Wildman–Crippen LogP) is 0.424. The summed E-state index contributed by atoms with van der Waals surface area (Å²) in [5.41, 5.74) is -2.54. The molecule has 5 atom stereocenters. The molecule has 2 bridgehead atoms. The normalized spacial score (nSPS) is 32.6. The second-order valence-corrected chi connectivity index (χ2v) is 7.26. The molecule has 10 nitrogen and oxygen atoms in total. The van der Waals surface area contributed by atoms with Crippen molar-refractivity contribution in [2.45, 2.75) is 57.0 Å². The molecule has 27 heavy (non-hydrogen) atoms. The Kier molecular flexibility index (Phi) is 6.40. The average Bonchev–Trinajstić information content (AvgIpc) is 3.05. The van der Waals surface area contributed by atoms with Crippen LogP contribution in [0.1, 0.15) is 33.6 Å². The lowest BCUT2D eigenvalue weighted by Crippen LogP contribution is -2.55. The standard InChI is InChI=1S/C16H22O10S/c1-9(2)14(19)24-12-13(25-27(20)21)16(8-23-11(4)18)6-5-15(12,26-16)7-22-10(3)17/h12-13H,1,5-8H2,2-4H3,(H,20,21). The van der Waals surface area contributed by atoms with Crippen LogP contribution < -0.4 is 0 Å². The van der Waals surface area contributed by atoms with E-state index in [1.807, 2.05) is 0 Å². The second kappa shape index (κ2) is 8.05. The van der Waals surface area contributed by atoms with E-state index in [0.29, 0.717) is 0 Å². The molecule has 2 rings (SSSR count). The highest BCUT2D eigenvalue weighted by atomic mass is 32.2. The van der Waals surface area contributed by atoms with Crippen molar-refractivity contribution in [1.82, 2.24) is 0 Å². The fourth-order valence-electron chi connectivity index (χ4n) is 3.31. The van der Waals surface area contributed by atoms with Crippen molar-refractivity contribution in [3.63, 3.8) is 0 Å². The van der Waals surface area contributed by atoms with Gasteiger partial charge in [-0.15, -0.1) is 0 Å². The molecule has 5 unspecified atom stereocenters. The number of hydrogen-bond acceptors (Lipinski definition) is 9. The molecule has 0 aromatic rings. The molecule has 152 valence electrons. The van der Waals surface area contributed by atoms with E-state index in [0.717, 1.165) is 0 Å². The van der Waals surface area contributed by atoms with E-state index in [9.17, 15) is 23.1 Å². The van der Waals surface area contributed by atoms with E-state index in [1.54, 1.807) is 0 Å². The van der Waals surface area contributed by atoms with Gasteiger partial charge in [-0.1, -0.05) is 6.58 Å². The van der Waals surface area contributed by atoms with Crippen molar-refractivity contribution >= 4 is 29.3 Å². The number of fused-ring (bicyclic) bond motifs is 2. The molecule has 2 saturated heterocycles. The molecule has 11 heteroatoms. The van der Waals surface area contributed by atoms with Crippen molar-refractivity contribution in [2.24, 2.45) is 0 Å². The minimum atomic E-state index is -2.72. The molecule has 2 aliphatic rings. The van der Waals surface area contributed by atoms with Crippen molar-refractivity contribution in [1.29, 1.82) is 0 Å². The average molecular weight is 406 g/mol. The van der Waals surface area contributed by atoms with Gasteiger partial charge in [0.15, 0.2) is 6.10 Å². The van der Waals surface area contributed by atoms with E-state index in [-0.39, 0.29) is 31.6 Å². The first-order valence-electron chi connectivity index (χ1n) is 8.13. The highest BCUT2D eigenvalue weighted by Gasteiger charge is 2.71. The van der Waals surface area contributed by atoms with Gasteiger partial charge in [0.1, 0.15) is 30.5 Å². The highest BCUT2D eigenvalue weighted by Crippen LogP contribution is 2.54. The summed E-state index contributed by atoms with van der Waals surface area (Å²) in [5.74, 6) is -1.93. The first kappa shape index (κ1) is 21.5. The Balaban J connectivity index is 2.39. The molecule has 2 aliphatic heterocycles. The van der Waals surface area contributed by atoms with Crippen LogP contribution in [0.25, 0.3) is 0 Å². The zero-order chi connectivity index (χ0) is 20.4. The minimum Gasteiger partial charge on any atom is -0.463 e. The lowest BCUT2D eigenvalue weighted by atomic mass is 9.78. The van der Waals surface area contributed by atoms with Crippen LogP contribution in [0.4, 0.5) is 0 Å². The van der Waals surface area contributed by atoms with Crippen LogP contribution in [0.3, 0.4) is 0 Å². The van der Waals surface area contributed by atoms with Gasteiger partial charge in [-0.3, -0.25) is 18.3 Å². The van der Waals surface area contributed by atoms with Crippen molar-refractivity contribution in [3.05, 3.63) is 12.2 Å². The predicted molar refractivity (Wildman–Crippen MR) is 89.4 cm³/mol. The number of esters is 3. The fourth-order valence-corrected chi connectivity index (χ4v) is 3.76. The second-order valence-electron chi connectivity index (χ2n) is 6.63. The van der Waals surface area contributed by atoms with Crippen LogP contribution in [-0.4, -0.2) is 63.3 Å². The van der Waals surface area contributed by atoms with Gasteiger partial charge in [0, 0.05) is 19.4 Å². The zero-order valence-electron chi connectivity index (χ0n) is 15.2. The Morgan fingerprint density at radius 2 is 1.56 bits per heavy atom. The van der Waals surface area contributed by atoms with Crippen LogP contribution in [-0.2, 0) is 48.9 Å². The molecule has 0 aromatic carbocycles. The molecule has 2 heterocycles. The summed E-state index contributed by atoms with van der Waals surface area (Å²) >= 11 is -2.72. The van der Waals surface area contributed by atoms with E-state index < -0.39 is 52.7 Å². The highest BCUT2D eigenvalue weighted by molar-refractivity contribution is 7.74. The van der Waals surface area contributed by atoms with Crippen molar-refractivity contribution in [3.8, 4) is 0 Å². The molecule has 0 aromatic heterocycles. The summed E-state index contributed by atoms with van der Waals surface area (Å²) in [6, 6.07) is 0. The summed E-state index contributed by atoms with van der Waals surface area (Å²) in [6.07, 6.45) is -1.85.